The highest BCUT2D eigenvalue weighted by Gasteiger charge is 2.20. The molecule has 0 aliphatic carbocycles. The van der Waals surface area contributed by atoms with Gasteiger partial charge in [-0.25, -0.2) is 4.98 Å². The van der Waals surface area contributed by atoms with Gasteiger partial charge in [-0.05, 0) is 31.0 Å². The molecule has 1 amide bonds. The van der Waals surface area contributed by atoms with Gasteiger partial charge in [0.1, 0.15) is 4.70 Å². The van der Waals surface area contributed by atoms with Crippen molar-refractivity contribution in [2.45, 2.75) is 18.0 Å². The highest BCUT2D eigenvalue weighted by molar-refractivity contribution is 7.99. The van der Waals surface area contributed by atoms with E-state index in [1.807, 2.05) is 0 Å². The second kappa shape index (κ2) is 8.10. The van der Waals surface area contributed by atoms with Gasteiger partial charge in [0.05, 0.1) is 5.75 Å². The molecule has 1 aliphatic rings. The molecule has 1 aromatic carbocycles. The van der Waals surface area contributed by atoms with E-state index < -0.39 is 0 Å². The molecule has 28 heavy (non-hydrogen) atoms. The van der Waals surface area contributed by atoms with E-state index in [9.17, 15) is 9.59 Å². The topological polar surface area (TPSA) is 80.1 Å². The van der Waals surface area contributed by atoms with Crippen LogP contribution < -0.4 is 15.8 Å². The Morgan fingerprint density at radius 2 is 2.11 bits per heavy atom. The van der Waals surface area contributed by atoms with Crippen LogP contribution in [0.2, 0.25) is 5.02 Å². The highest BCUT2D eigenvalue weighted by Crippen LogP contribution is 2.29. The van der Waals surface area contributed by atoms with Crippen LogP contribution in [0.15, 0.2) is 34.2 Å². The molecule has 0 saturated carbocycles. The minimum Gasteiger partial charge on any atom is -0.348 e. The Hall–Kier alpha value is -2.10. The molecule has 3 heterocycles. The number of anilines is 2. The summed E-state index contributed by atoms with van der Waals surface area (Å²) in [6.45, 7) is 1.93. The van der Waals surface area contributed by atoms with Crippen LogP contribution in [-0.2, 0) is 11.8 Å². The first-order valence-electron chi connectivity index (χ1n) is 8.82. The van der Waals surface area contributed by atoms with Gasteiger partial charge in [0, 0.05) is 30.8 Å². The van der Waals surface area contributed by atoms with Crippen molar-refractivity contribution in [1.82, 2.24) is 14.5 Å². The first kappa shape index (κ1) is 19.2. The quantitative estimate of drug-likeness (QED) is 0.489. The number of rotatable bonds is 5. The monoisotopic (exact) mass is 435 g/mol. The fourth-order valence-electron chi connectivity index (χ4n) is 2.99. The standard InChI is InChI=1S/C18H18ClN5O2S2/c1-23-16(26)14-15(22-18(28-14)24-7-2-3-8-24)21-17(23)27-10-13(25)20-12-6-4-5-11(19)9-12/h4-6,9H,2-3,7-8,10H2,1H3,(H,20,25). The molecule has 1 N–H and O–H groups in total. The number of halogens is 1. The van der Waals surface area contributed by atoms with Crippen molar-refractivity contribution in [2.24, 2.45) is 7.05 Å². The van der Waals surface area contributed by atoms with Gasteiger partial charge in [0.25, 0.3) is 5.56 Å². The zero-order valence-corrected chi connectivity index (χ0v) is 17.5. The first-order valence-corrected chi connectivity index (χ1v) is 11.0. The molecule has 146 valence electrons. The van der Waals surface area contributed by atoms with E-state index >= 15 is 0 Å². The normalized spacial score (nSPS) is 14.0. The number of benzene rings is 1. The summed E-state index contributed by atoms with van der Waals surface area (Å²) in [5, 5.41) is 4.65. The lowest BCUT2D eigenvalue weighted by Gasteiger charge is -2.11. The third-order valence-electron chi connectivity index (χ3n) is 4.40. The summed E-state index contributed by atoms with van der Waals surface area (Å²) in [7, 11) is 1.67. The fraction of sp³-hybridized carbons (Fsp3) is 0.333. The smallest absolute Gasteiger partial charge is 0.273 e. The molecule has 3 aromatic rings. The summed E-state index contributed by atoms with van der Waals surface area (Å²) in [6.07, 6.45) is 2.29. The van der Waals surface area contributed by atoms with E-state index in [1.54, 1.807) is 31.3 Å². The molecule has 0 bridgehead atoms. The van der Waals surface area contributed by atoms with Gasteiger partial charge in [0.15, 0.2) is 15.9 Å². The summed E-state index contributed by atoms with van der Waals surface area (Å²) in [5.74, 6) is -0.0702. The van der Waals surface area contributed by atoms with Crippen LogP contribution in [0.4, 0.5) is 10.8 Å². The van der Waals surface area contributed by atoms with Crippen LogP contribution in [0.25, 0.3) is 10.3 Å². The molecule has 4 rings (SSSR count). The van der Waals surface area contributed by atoms with E-state index in [-0.39, 0.29) is 17.2 Å². The van der Waals surface area contributed by atoms with E-state index in [4.69, 9.17) is 11.6 Å². The average Bonchev–Trinajstić information content (AvgIpc) is 3.33. The van der Waals surface area contributed by atoms with Gasteiger partial charge < -0.3 is 10.2 Å². The molecule has 0 unspecified atom stereocenters. The second-order valence-electron chi connectivity index (χ2n) is 6.45. The molecule has 7 nitrogen and oxygen atoms in total. The number of aromatic nitrogens is 3. The first-order chi connectivity index (χ1) is 13.5. The third-order valence-corrected chi connectivity index (χ3v) is 6.76. The highest BCUT2D eigenvalue weighted by atomic mass is 35.5. The number of fused-ring (bicyclic) bond motifs is 1. The predicted molar refractivity (Wildman–Crippen MR) is 115 cm³/mol. The van der Waals surface area contributed by atoms with Gasteiger partial charge in [-0.15, -0.1) is 0 Å². The number of thiazole rings is 1. The number of hydrogen-bond donors (Lipinski definition) is 1. The molecule has 2 aromatic heterocycles. The Kier molecular flexibility index (Phi) is 5.56. The lowest BCUT2D eigenvalue weighted by atomic mass is 10.3. The number of hydrogen-bond acceptors (Lipinski definition) is 7. The lowest BCUT2D eigenvalue weighted by molar-refractivity contribution is -0.113. The molecular formula is C18H18ClN5O2S2. The van der Waals surface area contributed by atoms with Crippen molar-refractivity contribution in [3.63, 3.8) is 0 Å². The molecule has 0 atom stereocenters. The van der Waals surface area contributed by atoms with Gasteiger partial charge >= 0.3 is 0 Å². The third kappa shape index (κ3) is 4.01. The van der Waals surface area contributed by atoms with Gasteiger partial charge in [-0.1, -0.05) is 40.8 Å². The van der Waals surface area contributed by atoms with Crippen LogP contribution in [0, 0.1) is 0 Å². The lowest BCUT2D eigenvalue weighted by Crippen LogP contribution is -2.20. The van der Waals surface area contributed by atoms with E-state index in [1.165, 1.54) is 27.7 Å². The van der Waals surface area contributed by atoms with Crippen molar-refractivity contribution >= 4 is 61.8 Å². The van der Waals surface area contributed by atoms with Crippen molar-refractivity contribution in [2.75, 3.05) is 29.1 Å². The van der Waals surface area contributed by atoms with Crippen molar-refractivity contribution in [3.05, 3.63) is 39.6 Å². The number of nitrogens with zero attached hydrogens (tertiary/aromatic N) is 4. The number of carbonyl (C=O) groups excluding carboxylic acids is 1. The maximum Gasteiger partial charge on any atom is 0.273 e. The Balaban J connectivity index is 1.51. The second-order valence-corrected chi connectivity index (χ2v) is 8.81. The summed E-state index contributed by atoms with van der Waals surface area (Å²) in [6, 6.07) is 6.96. The largest absolute Gasteiger partial charge is 0.348 e. The molecule has 10 heteroatoms. The van der Waals surface area contributed by atoms with E-state index in [0.717, 1.165) is 31.1 Å². The number of carbonyl (C=O) groups is 1. The Bertz CT molecular complexity index is 1090. The number of nitrogens with one attached hydrogen (secondary N) is 1. The van der Waals surface area contributed by atoms with Gasteiger partial charge in [-0.2, -0.15) is 4.98 Å². The molecule has 0 radical (unpaired) electrons. The van der Waals surface area contributed by atoms with E-state index in [0.29, 0.717) is 26.2 Å². The number of thioether (sulfide) groups is 1. The minimum atomic E-state index is -0.197. The van der Waals surface area contributed by atoms with E-state index in [2.05, 4.69) is 20.2 Å². The summed E-state index contributed by atoms with van der Waals surface area (Å²) in [5.41, 5.74) is 0.948. The number of amides is 1. The summed E-state index contributed by atoms with van der Waals surface area (Å²) in [4.78, 5) is 36.2. The Morgan fingerprint density at radius 3 is 2.86 bits per heavy atom. The maximum atomic E-state index is 12.7. The Morgan fingerprint density at radius 1 is 1.32 bits per heavy atom. The Labute approximate surface area is 174 Å². The van der Waals surface area contributed by atoms with Crippen LogP contribution in [-0.4, -0.2) is 39.3 Å². The van der Waals surface area contributed by atoms with Crippen molar-refractivity contribution in [3.8, 4) is 0 Å². The minimum absolute atomic E-state index is 0.126. The molecule has 0 spiro atoms. The maximum absolute atomic E-state index is 12.7. The van der Waals surface area contributed by atoms with Crippen LogP contribution >= 0.6 is 34.7 Å². The zero-order valence-electron chi connectivity index (χ0n) is 15.1. The van der Waals surface area contributed by atoms with Crippen LogP contribution in [0.1, 0.15) is 12.8 Å². The fourth-order valence-corrected chi connectivity index (χ4v) is 4.97. The summed E-state index contributed by atoms with van der Waals surface area (Å²) < 4.78 is 2.03. The van der Waals surface area contributed by atoms with Crippen molar-refractivity contribution < 1.29 is 4.79 Å². The van der Waals surface area contributed by atoms with Crippen LogP contribution in [0.3, 0.4) is 0 Å². The molecule has 1 aliphatic heterocycles. The van der Waals surface area contributed by atoms with Gasteiger partial charge in [-0.3, -0.25) is 14.2 Å². The van der Waals surface area contributed by atoms with Crippen LogP contribution in [0.5, 0.6) is 0 Å². The SMILES string of the molecule is Cn1c(SCC(=O)Nc2cccc(Cl)c2)nc2nc(N3CCCC3)sc2c1=O. The van der Waals surface area contributed by atoms with Gasteiger partial charge in [0.2, 0.25) is 5.91 Å². The van der Waals surface area contributed by atoms with Crippen molar-refractivity contribution in [1.29, 1.82) is 0 Å². The average molecular weight is 436 g/mol. The predicted octanol–water partition coefficient (Wildman–Crippen LogP) is 3.37. The zero-order chi connectivity index (χ0) is 19.7. The molecular weight excluding hydrogens is 418 g/mol. The molecule has 1 saturated heterocycles. The summed E-state index contributed by atoms with van der Waals surface area (Å²) >= 11 is 8.53. The molecule has 1 fully saturated rings.